The lowest BCUT2D eigenvalue weighted by Crippen LogP contribution is -2.39. The Balaban J connectivity index is 1.88. The van der Waals surface area contributed by atoms with Crippen molar-refractivity contribution in [2.75, 3.05) is 27.4 Å². The molecule has 0 bridgehead atoms. The number of aromatic nitrogens is 1. The summed E-state index contributed by atoms with van der Waals surface area (Å²) in [6.07, 6.45) is 3.28. The molecule has 1 aliphatic rings. The van der Waals surface area contributed by atoms with E-state index in [2.05, 4.69) is 11.6 Å². The van der Waals surface area contributed by atoms with Crippen LogP contribution in [-0.2, 0) is 9.53 Å². The van der Waals surface area contributed by atoms with Gasteiger partial charge in [0.15, 0.2) is 16.3 Å². The number of carbonyl (C=O) groups is 1. The van der Waals surface area contributed by atoms with E-state index in [0.717, 1.165) is 11.1 Å². The number of esters is 1. The third-order valence-corrected chi connectivity index (χ3v) is 6.77. The maximum absolute atomic E-state index is 13.7. The maximum atomic E-state index is 13.7. The molecule has 8 nitrogen and oxygen atoms in total. The number of hydrogen-bond acceptors (Lipinski definition) is 8. The van der Waals surface area contributed by atoms with E-state index in [1.165, 1.54) is 17.4 Å². The summed E-state index contributed by atoms with van der Waals surface area (Å²) in [5.74, 6) is 1.31. The first-order valence-electron chi connectivity index (χ1n) is 11.7. The van der Waals surface area contributed by atoms with Crippen molar-refractivity contribution >= 4 is 23.4 Å². The molecule has 1 aliphatic heterocycles. The minimum atomic E-state index is -0.712. The van der Waals surface area contributed by atoms with E-state index in [1.54, 1.807) is 43.9 Å². The second-order valence-electron chi connectivity index (χ2n) is 8.09. The van der Waals surface area contributed by atoms with E-state index in [0.29, 0.717) is 44.5 Å². The summed E-state index contributed by atoms with van der Waals surface area (Å²) in [6.45, 7) is 7.82. The van der Waals surface area contributed by atoms with Crippen LogP contribution in [0.3, 0.4) is 0 Å². The predicted molar refractivity (Wildman–Crippen MR) is 142 cm³/mol. The third-order valence-electron chi connectivity index (χ3n) is 5.79. The first-order valence-corrected chi connectivity index (χ1v) is 12.5. The van der Waals surface area contributed by atoms with E-state index in [9.17, 15) is 9.59 Å². The molecule has 2 aromatic carbocycles. The van der Waals surface area contributed by atoms with Crippen LogP contribution in [-0.4, -0.2) is 38.0 Å². The van der Waals surface area contributed by atoms with Gasteiger partial charge in [-0.3, -0.25) is 9.36 Å². The van der Waals surface area contributed by atoms with E-state index in [-0.39, 0.29) is 12.2 Å². The normalized spacial score (nSPS) is 15.0. The van der Waals surface area contributed by atoms with E-state index in [1.807, 2.05) is 37.3 Å². The minimum Gasteiger partial charge on any atom is -0.497 e. The summed E-state index contributed by atoms with van der Waals surface area (Å²) >= 11 is 1.26. The molecule has 1 atom stereocenters. The Hall–Kier alpha value is -4.11. The summed E-state index contributed by atoms with van der Waals surface area (Å²) in [4.78, 5) is 31.9. The average Bonchev–Trinajstić information content (AvgIpc) is 3.21. The smallest absolute Gasteiger partial charge is 0.338 e. The standard InChI is InChI=1S/C28H28N2O6S/c1-6-14-36-27(32)24-17(3)29-28-30(25(24)19-9-11-20(33-4)12-10-19)26(31)23(37-28)16-18-8-13-21(35-7-2)22(15-18)34-5/h6,8-13,15-16,25H,1,7,14H2,2-5H3/b23-16-/t25-/m0/s1. The van der Waals surface area contributed by atoms with Crippen LogP contribution in [0.2, 0.25) is 0 Å². The van der Waals surface area contributed by atoms with Crippen molar-refractivity contribution in [1.82, 2.24) is 4.57 Å². The largest absolute Gasteiger partial charge is 0.497 e. The van der Waals surface area contributed by atoms with Crippen molar-refractivity contribution in [3.63, 3.8) is 0 Å². The summed E-state index contributed by atoms with van der Waals surface area (Å²) in [5.41, 5.74) is 2.03. The highest BCUT2D eigenvalue weighted by atomic mass is 32.1. The van der Waals surface area contributed by atoms with Gasteiger partial charge in [-0.05, 0) is 55.3 Å². The van der Waals surface area contributed by atoms with Gasteiger partial charge in [-0.15, -0.1) is 0 Å². The highest BCUT2D eigenvalue weighted by Gasteiger charge is 2.33. The summed E-state index contributed by atoms with van der Waals surface area (Å²) < 4.78 is 23.7. The molecule has 4 rings (SSSR count). The molecule has 0 spiro atoms. The van der Waals surface area contributed by atoms with Crippen LogP contribution in [0.25, 0.3) is 6.08 Å². The first-order chi connectivity index (χ1) is 17.9. The zero-order valence-corrected chi connectivity index (χ0v) is 22.0. The Bertz CT molecular complexity index is 1530. The Morgan fingerprint density at radius 1 is 1.14 bits per heavy atom. The molecule has 0 radical (unpaired) electrons. The Morgan fingerprint density at radius 2 is 1.89 bits per heavy atom. The number of fused-ring (bicyclic) bond motifs is 1. The van der Waals surface area contributed by atoms with Gasteiger partial charge in [0.1, 0.15) is 12.4 Å². The number of rotatable bonds is 9. The molecule has 0 unspecified atom stereocenters. The Labute approximate surface area is 218 Å². The van der Waals surface area contributed by atoms with Crippen molar-refractivity contribution in [2.45, 2.75) is 19.9 Å². The van der Waals surface area contributed by atoms with Crippen molar-refractivity contribution in [1.29, 1.82) is 0 Å². The van der Waals surface area contributed by atoms with Crippen molar-refractivity contribution in [3.8, 4) is 17.2 Å². The molecule has 0 N–H and O–H groups in total. The quantitative estimate of drug-likeness (QED) is 0.318. The van der Waals surface area contributed by atoms with Gasteiger partial charge in [0.25, 0.3) is 5.56 Å². The zero-order chi connectivity index (χ0) is 26.5. The molecule has 9 heteroatoms. The number of ether oxygens (including phenoxy) is 4. The predicted octanol–water partition coefficient (Wildman–Crippen LogP) is 3.38. The Kier molecular flexibility index (Phi) is 7.93. The number of hydrogen-bond donors (Lipinski definition) is 0. The molecule has 0 saturated heterocycles. The summed E-state index contributed by atoms with van der Waals surface area (Å²) in [7, 11) is 3.15. The first kappa shape index (κ1) is 26.0. The molecular formula is C28H28N2O6S. The molecule has 2 heterocycles. The van der Waals surface area contributed by atoms with E-state index >= 15 is 0 Å². The fraction of sp³-hybridized carbons (Fsp3) is 0.250. The van der Waals surface area contributed by atoms with Gasteiger partial charge >= 0.3 is 5.97 Å². The number of benzene rings is 2. The number of methoxy groups -OCH3 is 2. The SMILES string of the molecule is C=CCOC(=O)C1=C(C)N=c2s/c(=C\c3ccc(OCC)c(OC)c3)c(=O)n2[C@H]1c1ccc(OC)cc1. The second kappa shape index (κ2) is 11.3. The fourth-order valence-electron chi connectivity index (χ4n) is 4.10. The third kappa shape index (κ3) is 5.22. The lowest BCUT2D eigenvalue weighted by atomic mass is 9.96. The highest BCUT2D eigenvalue weighted by molar-refractivity contribution is 7.07. The van der Waals surface area contributed by atoms with Crippen LogP contribution >= 0.6 is 11.3 Å². The van der Waals surface area contributed by atoms with Crippen molar-refractivity contribution < 1.29 is 23.7 Å². The minimum absolute atomic E-state index is 0.0505. The van der Waals surface area contributed by atoms with Gasteiger partial charge < -0.3 is 18.9 Å². The molecule has 0 amide bonds. The number of carbonyl (C=O) groups excluding carboxylic acids is 1. The molecule has 1 aromatic heterocycles. The van der Waals surface area contributed by atoms with Crippen molar-refractivity contribution in [3.05, 3.63) is 97.2 Å². The van der Waals surface area contributed by atoms with Gasteiger partial charge in [0.05, 0.1) is 42.7 Å². The summed E-state index contributed by atoms with van der Waals surface area (Å²) in [5, 5.41) is 0. The highest BCUT2D eigenvalue weighted by Crippen LogP contribution is 2.32. The topological polar surface area (TPSA) is 88.4 Å². The lowest BCUT2D eigenvalue weighted by molar-refractivity contribution is -0.138. The van der Waals surface area contributed by atoms with Gasteiger partial charge in [0.2, 0.25) is 0 Å². The molecule has 0 aliphatic carbocycles. The van der Waals surface area contributed by atoms with Gasteiger partial charge in [0, 0.05) is 0 Å². The fourth-order valence-corrected chi connectivity index (χ4v) is 5.14. The lowest BCUT2D eigenvalue weighted by Gasteiger charge is -2.24. The van der Waals surface area contributed by atoms with Crippen LogP contribution < -0.4 is 29.1 Å². The average molecular weight is 521 g/mol. The number of allylic oxidation sites excluding steroid dienone is 1. The van der Waals surface area contributed by atoms with Gasteiger partial charge in [-0.1, -0.05) is 42.2 Å². The number of thiazole rings is 1. The zero-order valence-electron chi connectivity index (χ0n) is 21.1. The van der Waals surface area contributed by atoms with Crippen LogP contribution in [0.15, 0.2) is 76.2 Å². The molecule has 37 heavy (non-hydrogen) atoms. The second-order valence-corrected chi connectivity index (χ2v) is 9.09. The van der Waals surface area contributed by atoms with Crippen LogP contribution in [0, 0.1) is 0 Å². The molecule has 192 valence electrons. The van der Waals surface area contributed by atoms with Crippen molar-refractivity contribution in [2.24, 2.45) is 4.99 Å². The molecule has 0 fully saturated rings. The Morgan fingerprint density at radius 3 is 2.54 bits per heavy atom. The summed E-state index contributed by atoms with van der Waals surface area (Å²) in [6, 6.07) is 12.0. The maximum Gasteiger partial charge on any atom is 0.338 e. The molecule has 3 aromatic rings. The van der Waals surface area contributed by atoms with Gasteiger partial charge in [-0.25, -0.2) is 9.79 Å². The molecular weight excluding hydrogens is 492 g/mol. The molecule has 0 saturated carbocycles. The van der Waals surface area contributed by atoms with Crippen LogP contribution in [0.4, 0.5) is 0 Å². The van der Waals surface area contributed by atoms with Crippen LogP contribution in [0.1, 0.15) is 31.0 Å². The number of nitrogens with zero attached hydrogens (tertiary/aromatic N) is 2. The van der Waals surface area contributed by atoms with E-state index in [4.69, 9.17) is 18.9 Å². The van der Waals surface area contributed by atoms with Gasteiger partial charge in [-0.2, -0.15) is 0 Å². The van der Waals surface area contributed by atoms with Crippen LogP contribution in [0.5, 0.6) is 17.2 Å². The monoisotopic (exact) mass is 520 g/mol. The van der Waals surface area contributed by atoms with E-state index < -0.39 is 12.0 Å².